The summed E-state index contributed by atoms with van der Waals surface area (Å²) < 4.78 is 18.1. The molecule has 1 heterocycles. The largest absolute Gasteiger partial charge is 0.350 e. The molecule has 0 bridgehead atoms. The van der Waals surface area contributed by atoms with E-state index < -0.39 is 0 Å². The van der Waals surface area contributed by atoms with E-state index in [0.29, 0.717) is 23.7 Å². The van der Waals surface area contributed by atoms with Crippen LogP contribution in [0.25, 0.3) is 11.3 Å². The molecule has 1 aromatic carbocycles. The lowest BCUT2D eigenvalue weighted by molar-refractivity contribution is 0.0915. The normalized spacial score (nSPS) is 10.8. The van der Waals surface area contributed by atoms with Crippen molar-refractivity contribution in [3.63, 3.8) is 0 Å². The number of nitrogens with zero attached hydrogens (tertiary/aromatic N) is 1. The molecular formula is C15H17FN2O2. The van der Waals surface area contributed by atoms with E-state index in [1.807, 2.05) is 0 Å². The van der Waals surface area contributed by atoms with Crippen molar-refractivity contribution >= 4 is 5.91 Å². The molecule has 0 saturated carbocycles. The third-order valence-electron chi connectivity index (χ3n) is 2.86. The van der Waals surface area contributed by atoms with Gasteiger partial charge in [-0.1, -0.05) is 31.1 Å². The number of carbonyl (C=O) groups excluding carboxylic acids is 1. The molecule has 0 fully saturated rings. The number of benzene rings is 1. The van der Waals surface area contributed by atoms with Gasteiger partial charge in [-0.3, -0.25) is 4.79 Å². The van der Waals surface area contributed by atoms with E-state index in [1.165, 1.54) is 18.2 Å². The highest BCUT2D eigenvalue weighted by molar-refractivity contribution is 5.92. The number of rotatable bonds is 5. The van der Waals surface area contributed by atoms with Crippen LogP contribution in [-0.2, 0) is 0 Å². The Kier molecular flexibility index (Phi) is 4.50. The fraction of sp³-hybridized carbons (Fsp3) is 0.333. The van der Waals surface area contributed by atoms with E-state index >= 15 is 0 Å². The van der Waals surface area contributed by atoms with Crippen molar-refractivity contribution in [3.8, 4) is 11.3 Å². The monoisotopic (exact) mass is 276 g/mol. The van der Waals surface area contributed by atoms with Crippen LogP contribution in [0, 0.1) is 11.7 Å². The molecule has 0 aliphatic rings. The van der Waals surface area contributed by atoms with Gasteiger partial charge in [0, 0.05) is 18.2 Å². The molecule has 106 valence electrons. The van der Waals surface area contributed by atoms with Crippen LogP contribution in [0.15, 0.2) is 34.9 Å². The molecule has 2 rings (SSSR count). The first kappa shape index (κ1) is 14.2. The summed E-state index contributed by atoms with van der Waals surface area (Å²) in [6, 6.07) is 7.50. The zero-order valence-electron chi connectivity index (χ0n) is 11.5. The summed E-state index contributed by atoms with van der Waals surface area (Å²) in [6.07, 6.45) is 0.899. The maximum absolute atomic E-state index is 13.1. The second kappa shape index (κ2) is 6.32. The summed E-state index contributed by atoms with van der Waals surface area (Å²) in [4.78, 5) is 11.8. The topological polar surface area (TPSA) is 55.1 Å². The molecule has 5 heteroatoms. The molecule has 0 atom stereocenters. The fourth-order valence-corrected chi connectivity index (χ4v) is 1.73. The van der Waals surface area contributed by atoms with Crippen molar-refractivity contribution in [1.29, 1.82) is 0 Å². The van der Waals surface area contributed by atoms with Gasteiger partial charge in [0.1, 0.15) is 11.5 Å². The quantitative estimate of drug-likeness (QED) is 0.912. The molecule has 0 unspecified atom stereocenters. The molecule has 0 radical (unpaired) electrons. The van der Waals surface area contributed by atoms with Crippen LogP contribution in [0.3, 0.4) is 0 Å². The molecule has 0 saturated heterocycles. The number of hydrogen-bond acceptors (Lipinski definition) is 3. The summed E-state index contributed by atoms with van der Waals surface area (Å²) in [5, 5.41) is 6.55. The van der Waals surface area contributed by atoms with Crippen LogP contribution in [0.5, 0.6) is 0 Å². The Morgan fingerprint density at radius 3 is 2.90 bits per heavy atom. The molecule has 4 nitrogen and oxygen atoms in total. The smallest absolute Gasteiger partial charge is 0.289 e. The number of amides is 1. The Hall–Kier alpha value is -2.17. The molecule has 2 aromatic rings. The SMILES string of the molecule is CC(C)CCNC(=O)c1cc(-c2cccc(F)c2)no1. The van der Waals surface area contributed by atoms with Crippen LogP contribution in [-0.4, -0.2) is 17.6 Å². The number of carbonyl (C=O) groups is 1. The average molecular weight is 276 g/mol. The Morgan fingerprint density at radius 2 is 2.20 bits per heavy atom. The van der Waals surface area contributed by atoms with Crippen molar-refractivity contribution in [2.75, 3.05) is 6.54 Å². The zero-order valence-corrected chi connectivity index (χ0v) is 11.5. The highest BCUT2D eigenvalue weighted by atomic mass is 19.1. The summed E-state index contributed by atoms with van der Waals surface area (Å²) in [6.45, 7) is 4.76. The van der Waals surface area contributed by atoms with Crippen LogP contribution in [0.4, 0.5) is 4.39 Å². The maximum Gasteiger partial charge on any atom is 0.289 e. The summed E-state index contributed by atoms with van der Waals surface area (Å²) in [5.74, 6) is -0.00450. The highest BCUT2D eigenvalue weighted by Gasteiger charge is 2.13. The van der Waals surface area contributed by atoms with Gasteiger partial charge in [-0.25, -0.2) is 4.39 Å². The van der Waals surface area contributed by atoms with Crippen LogP contribution >= 0.6 is 0 Å². The second-order valence-corrected chi connectivity index (χ2v) is 5.03. The van der Waals surface area contributed by atoms with Crippen molar-refractivity contribution in [3.05, 3.63) is 41.9 Å². The maximum atomic E-state index is 13.1. The fourth-order valence-electron chi connectivity index (χ4n) is 1.73. The third kappa shape index (κ3) is 3.66. The lowest BCUT2D eigenvalue weighted by Gasteiger charge is -2.04. The van der Waals surface area contributed by atoms with Gasteiger partial charge in [-0.2, -0.15) is 0 Å². The Morgan fingerprint density at radius 1 is 1.40 bits per heavy atom. The van der Waals surface area contributed by atoms with Crippen LogP contribution in [0.1, 0.15) is 30.8 Å². The van der Waals surface area contributed by atoms with E-state index in [4.69, 9.17) is 4.52 Å². The number of nitrogens with one attached hydrogen (secondary N) is 1. The molecule has 0 spiro atoms. The van der Waals surface area contributed by atoms with Gasteiger partial charge in [0.2, 0.25) is 5.76 Å². The lowest BCUT2D eigenvalue weighted by atomic mass is 10.1. The third-order valence-corrected chi connectivity index (χ3v) is 2.86. The van der Waals surface area contributed by atoms with Gasteiger partial charge in [0.25, 0.3) is 5.91 Å². The molecule has 1 amide bonds. The Balaban J connectivity index is 2.03. The summed E-state index contributed by atoms with van der Waals surface area (Å²) >= 11 is 0. The minimum absolute atomic E-state index is 0.132. The van der Waals surface area contributed by atoms with E-state index in [1.54, 1.807) is 12.1 Å². The molecule has 0 aliphatic heterocycles. The summed E-state index contributed by atoms with van der Waals surface area (Å²) in [5.41, 5.74) is 1.02. The molecule has 1 N–H and O–H groups in total. The molecule has 0 aliphatic carbocycles. The van der Waals surface area contributed by atoms with Crippen molar-refractivity contribution in [2.45, 2.75) is 20.3 Å². The number of halogens is 1. The van der Waals surface area contributed by atoms with E-state index in [2.05, 4.69) is 24.3 Å². The van der Waals surface area contributed by atoms with Crippen molar-refractivity contribution < 1.29 is 13.7 Å². The zero-order chi connectivity index (χ0) is 14.5. The minimum atomic E-state index is -0.353. The van der Waals surface area contributed by atoms with Crippen LogP contribution < -0.4 is 5.32 Å². The predicted octanol–water partition coefficient (Wildman–Crippen LogP) is 3.26. The summed E-state index contributed by atoms with van der Waals surface area (Å²) in [7, 11) is 0. The molecular weight excluding hydrogens is 259 g/mol. The van der Waals surface area contributed by atoms with Gasteiger partial charge in [0.05, 0.1) is 0 Å². The van der Waals surface area contributed by atoms with Gasteiger partial charge in [0.15, 0.2) is 0 Å². The number of aromatic nitrogens is 1. The van der Waals surface area contributed by atoms with Gasteiger partial charge < -0.3 is 9.84 Å². The van der Waals surface area contributed by atoms with Gasteiger partial charge in [-0.15, -0.1) is 0 Å². The predicted molar refractivity (Wildman–Crippen MR) is 73.7 cm³/mol. The van der Waals surface area contributed by atoms with Crippen molar-refractivity contribution in [1.82, 2.24) is 10.5 Å². The Bertz CT molecular complexity index is 593. The first-order valence-corrected chi connectivity index (χ1v) is 6.57. The first-order chi connectivity index (χ1) is 9.56. The van der Waals surface area contributed by atoms with Crippen LogP contribution in [0.2, 0.25) is 0 Å². The minimum Gasteiger partial charge on any atom is -0.350 e. The Labute approximate surface area is 117 Å². The standard InChI is InChI=1S/C15H17FN2O2/c1-10(2)6-7-17-15(19)14-9-13(18-20-14)11-4-3-5-12(16)8-11/h3-5,8-10H,6-7H2,1-2H3,(H,17,19). The molecule has 1 aromatic heterocycles. The lowest BCUT2D eigenvalue weighted by Crippen LogP contribution is -2.24. The molecule has 20 heavy (non-hydrogen) atoms. The average Bonchev–Trinajstić information content (AvgIpc) is 2.87. The highest BCUT2D eigenvalue weighted by Crippen LogP contribution is 2.19. The number of hydrogen-bond donors (Lipinski definition) is 1. The second-order valence-electron chi connectivity index (χ2n) is 5.03. The van der Waals surface area contributed by atoms with Gasteiger partial charge in [-0.05, 0) is 24.5 Å². The van der Waals surface area contributed by atoms with E-state index in [-0.39, 0.29) is 17.5 Å². The van der Waals surface area contributed by atoms with E-state index in [9.17, 15) is 9.18 Å². The van der Waals surface area contributed by atoms with Crippen molar-refractivity contribution in [2.24, 2.45) is 5.92 Å². The first-order valence-electron chi connectivity index (χ1n) is 6.57. The van der Waals surface area contributed by atoms with Gasteiger partial charge >= 0.3 is 0 Å². The van der Waals surface area contributed by atoms with E-state index in [0.717, 1.165) is 6.42 Å².